The molecule has 0 unspecified atom stereocenters. The third-order valence-corrected chi connectivity index (χ3v) is 3.97. The van der Waals surface area contributed by atoms with Gasteiger partial charge in [-0.3, -0.25) is 14.9 Å². The lowest BCUT2D eigenvalue weighted by molar-refractivity contribution is 0.0879. The van der Waals surface area contributed by atoms with Gasteiger partial charge < -0.3 is 5.32 Å². The van der Waals surface area contributed by atoms with E-state index in [0.29, 0.717) is 17.7 Å². The van der Waals surface area contributed by atoms with Gasteiger partial charge in [0, 0.05) is 10.6 Å². The summed E-state index contributed by atoms with van der Waals surface area (Å²) in [4.78, 5) is 28.3. The molecule has 3 rings (SSSR count). The quantitative estimate of drug-likeness (QED) is 0.838. The summed E-state index contributed by atoms with van der Waals surface area (Å²) in [6.45, 7) is 2.62. The number of aryl methyl sites for hydroxylation is 1. The largest absolute Gasteiger partial charge is 0.380 e. The molecule has 5 nitrogen and oxygen atoms in total. The van der Waals surface area contributed by atoms with E-state index in [9.17, 15) is 9.59 Å². The highest BCUT2D eigenvalue weighted by Crippen LogP contribution is 2.21. The number of aromatic nitrogens is 1. The van der Waals surface area contributed by atoms with Crippen molar-refractivity contribution in [1.29, 1.82) is 0 Å². The molecule has 0 radical (unpaired) electrons. The number of fused-ring (bicyclic) bond motifs is 1. The van der Waals surface area contributed by atoms with E-state index in [-0.39, 0.29) is 11.8 Å². The number of anilines is 1. The lowest BCUT2D eigenvalue weighted by atomic mass is 10.1. The van der Waals surface area contributed by atoms with Crippen LogP contribution in [0.4, 0.5) is 5.69 Å². The average Bonchev–Trinajstić information content (AvgIpc) is 2.92. The molecule has 2 N–H and O–H groups in total. The fourth-order valence-electron chi connectivity index (χ4n) is 1.96. The smallest absolute Gasteiger partial charge is 0.259 e. The number of nitrogens with one attached hydrogen (secondary N) is 2. The number of rotatable bonds is 3. The van der Waals surface area contributed by atoms with Gasteiger partial charge in [-0.25, -0.2) is 4.98 Å². The second kappa shape index (κ2) is 4.47. The third-order valence-electron chi connectivity index (χ3n) is 3.03. The topological polar surface area (TPSA) is 71.1 Å². The first-order valence-electron chi connectivity index (χ1n) is 5.78. The summed E-state index contributed by atoms with van der Waals surface area (Å²) in [5.74, 6) is -0.664. The summed E-state index contributed by atoms with van der Waals surface area (Å²) in [5, 5.41) is 5.51. The molecule has 1 aromatic heterocycles. The molecule has 0 atom stereocenters. The highest BCUT2D eigenvalue weighted by Gasteiger charge is 2.26. The number of amides is 2. The molecule has 0 spiro atoms. The molecule has 0 aliphatic carbocycles. The van der Waals surface area contributed by atoms with E-state index in [0.717, 1.165) is 16.3 Å². The minimum atomic E-state index is -0.336. The van der Waals surface area contributed by atoms with Gasteiger partial charge in [0.2, 0.25) is 0 Å². The molecule has 19 heavy (non-hydrogen) atoms. The normalized spacial score (nSPS) is 13.3. The Morgan fingerprint density at radius 1 is 1.26 bits per heavy atom. The molecule has 0 saturated carbocycles. The van der Waals surface area contributed by atoms with Crippen molar-refractivity contribution in [3.8, 4) is 0 Å². The maximum atomic E-state index is 11.5. The minimum absolute atomic E-state index is 0.329. The van der Waals surface area contributed by atoms with Gasteiger partial charge in [-0.2, -0.15) is 0 Å². The Hall–Kier alpha value is -2.21. The molecule has 1 aliphatic rings. The number of hydrogen-bond donors (Lipinski definition) is 2. The molecule has 0 saturated heterocycles. The van der Waals surface area contributed by atoms with Crippen LogP contribution in [0, 0.1) is 6.92 Å². The highest BCUT2D eigenvalue weighted by molar-refractivity contribution is 7.09. The van der Waals surface area contributed by atoms with E-state index in [1.54, 1.807) is 35.0 Å². The zero-order valence-electron chi connectivity index (χ0n) is 10.2. The first-order chi connectivity index (χ1) is 9.15. The van der Waals surface area contributed by atoms with Crippen molar-refractivity contribution in [2.45, 2.75) is 13.5 Å². The minimum Gasteiger partial charge on any atom is -0.380 e. The Bertz CT molecular complexity index is 678. The number of imide groups is 1. The van der Waals surface area contributed by atoms with E-state index in [1.807, 2.05) is 6.92 Å². The van der Waals surface area contributed by atoms with Gasteiger partial charge in [0.15, 0.2) is 0 Å². The van der Waals surface area contributed by atoms with Crippen molar-refractivity contribution < 1.29 is 9.59 Å². The summed E-state index contributed by atoms with van der Waals surface area (Å²) in [6, 6.07) is 5.16. The Morgan fingerprint density at radius 3 is 2.79 bits per heavy atom. The monoisotopic (exact) mass is 273 g/mol. The Balaban J connectivity index is 1.80. The lowest BCUT2D eigenvalue weighted by Crippen LogP contribution is -2.19. The highest BCUT2D eigenvalue weighted by atomic mass is 32.1. The zero-order valence-corrected chi connectivity index (χ0v) is 11.0. The van der Waals surface area contributed by atoms with Crippen LogP contribution in [0.25, 0.3) is 0 Å². The summed E-state index contributed by atoms with van der Waals surface area (Å²) < 4.78 is 0. The average molecular weight is 273 g/mol. The molecule has 2 amide bonds. The van der Waals surface area contributed by atoms with Gasteiger partial charge in [-0.15, -0.1) is 11.3 Å². The predicted octanol–water partition coefficient (Wildman–Crippen LogP) is 1.95. The first kappa shape index (κ1) is 11.9. The molecule has 1 aromatic carbocycles. The summed E-state index contributed by atoms with van der Waals surface area (Å²) in [5.41, 5.74) is 4.49. The van der Waals surface area contributed by atoms with Gasteiger partial charge in [0.05, 0.1) is 28.9 Å². The molecule has 1 aliphatic heterocycles. The number of carbonyl (C=O) groups excluding carboxylic acids is 2. The Labute approximate surface area is 113 Å². The first-order valence-corrected chi connectivity index (χ1v) is 6.65. The molecule has 0 fully saturated rings. The van der Waals surface area contributed by atoms with Crippen LogP contribution >= 0.6 is 11.3 Å². The van der Waals surface area contributed by atoms with Gasteiger partial charge in [-0.05, 0) is 25.1 Å². The third kappa shape index (κ3) is 2.10. The maximum Gasteiger partial charge on any atom is 0.259 e. The van der Waals surface area contributed by atoms with Crippen LogP contribution in [-0.4, -0.2) is 16.8 Å². The van der Waals surface area contributed by atoms with Crippen molar-refractivity contribution in [3.63, 3.8) is 0 Å². The maximum absolute atomic E-state index is 11.5. The van der Waals surface area contributed by atoms with Crippen molar-refractivity contribution in [2.24, 2.45) is 0 Å². The van der Waals surface area contributed by atoms with Crippen LogP contribution in [-0.2, 0) is 6.54 Å². The molecule has 6 heteroatoms. The summed E-state index contributed by atoms with van der Waals surface area (Å²) >= 11 is 1.59. The van der Waals surface area contributed by atoms with Gasteiger partial charge in [0.1, 0.15) is 0 Å². The van der Waals surface area contributed by atoms with Crippen LogP contribution in [0.5, 0.6) is 0 Å². The summed E-state index contributed by atoms with van der Waals surface area (Å²) in [6.07, 6.45) is 0. The number of hydrogen-bond acceptors (Lipinski definition) is 5. The molecular formula is C13H11N3O2S. The van der Waals surface area contributed by atoms with Crippen LogP contribution < -0.4 is 10.6 Å². The Kier molecular flexibility index (Phi) is 2.79. The van der Waals surface area contributed by atoms with E-state index in [4.69, 9.17) is 0 Å². The van der Waals surface area contributed by atoms with Crippen molar-refractivity contribution in [1.82, 2.24) is 10.3 Å². The van der Waals surface area contributed by atoms with Crippen LogP contribution in [0.1, 0.15) is 31.3 Å². The van der Waals surface area contributed by atoms with Crippen molar-refractivity contribution in [3.05, 3.63) is 45.4 Å². The molecule has 96 valence electrons. The standard InChI is InChI=1S/C13H11N3O2S/c1-7-11(19-6-15-7)5-14-8-2-3-9-10(4-8)13(18)16-12(9)17/h2-4,6,14H,5H2,1H3,(H,16,17,18). The summed E-state index contributed by atoms with van der Waals surface area (Å²) in [7, 11) is 0. The van der Waals surface area contributed by atoms with Crippen LogP contribution in [0.2, 0.25) is 0 Å². The number of carbonyl (C=O) groups is 2. The van der Waals surface area contributed by atoms with Gasteiger partial charge in [0.25, 0.3) is 11.8 Å². The van der Waals surface area contributed by atoms with Crippen molar-refractivity contribution >= 4 is 28.8 Å². The number of thiazole rings is 1. The van der Waals surface area contributed by atoms with E-state index in [1.165, 1.54) is 0 Å². The van der Waals surface area contributed by atoms with Gasteiger partial charge in [-0.1, -0.05) is 0 Å². The molecule has 0 bridgehead atoms. The van der Waals surface area contributed by atoms with E-state index < -0.39 is 0 Å². The SMILES string of the molecule is Cc1ncsc1CNc1ccc2c(c1)C(=O)NC2=O. The van der Waals surface area contributed by atoms with Crippen molar-refractivity contribution in [2.75, 3.05) is 5.32 Å². The number of benzene rings is 1. The molecule has 2 heterocycles. The second-order valence-electron chi connectivity index (χ2n) is 4.26. The second-order valence-corrected chi connectivity index (χ2v) is 5.20. The van der Waals surface area contributed by atoms with Gasteiger partial charge >= 0.3 is 0 Å². The fourth-order valence-corrected chi connectivity index (χ4v) is 2.67. The number of nitrogens with zero attached hydrogens (tertiary/aromatic N) is 1. The fraction of sp³-hybridized carbons (Fsp3) is 0.154. The van der Waals surface area contributed by atoms with Crippen LogP contribution in [0.15, 0.2) is 23.7 Å². The van der Waals surface area contributed by atoms with E-state index >= 15 is 0 Å². The zero-order chi connectivity index (χ0) is 13.4. The predicted molar refractivity (Wildman–Crippen MR) is 72.4 cm³/mol. The van der Waals surface area contributed by atoms with E-state index in [2.05, 4.69) is 15.6 Å². The lowest BCUT2D eigenvalue weighted by Gasteiger charge is -2.06. The molecule has 2 aromatic rings. The Morgan fingerprint density at radius 2 is 2.05 bits per heavy atom. The van der Waals surface area contributed by atoms with Crippen LogP contribution in [0.3, 0.4) is 0 Å². The molecular weight excluding hydrogens is 262 g/mol.